The number of para-hydroxylation sites is 2. The summed E-state index contributed by atoms with van der Waals surface area (Å²) in [4.78, 5) is 17.2. The molecular weight excluding hydrogens is 360 g/mol. The number of hydrogen-bond acceptors (Lipinski definition) is 6. The second-order valence-corrected chi connectivity index (χ2v) is 6.82. The molecule has 1 saturated heterocycles. The van der Waals surface area contributed by atoms with E-state index in [1.54, 1.807) is 17.8 Å². The number of amides is 2. The lowest BCUT2D eigenvalue weighted by Gasteiger charge is -2.34. The molecule has 4 rings (SSSR count). The molecule has 1 fully saturated rings. The van der Waals surface area contributed by atoms with Gasteiger partial charge in [-0.2, -0.15) is 10.1 Å². The minimum atomic E-state index is -0.750. The Bertz CT molecular complexity index is 973. The molecule has 0 radical (unpaired) electrons. The van der Waals surface area contributed by atoms with Gasteiger partial charge in [0, 0.05) is 37.9 Å². The number of rotatable bonds is 4. The molecule has 2 amide bonds. The Hall–Kier alpha value is -3.20. The number of urea groups is 1. The van der Waals surface area contributed by atoms with Crippen molar-refractivity contribution in [3.05, 3.63) is 53.9 Å². The maximum absolute atomic E-state index is 12.9. The van der Waals surface area contributed by atoms with E-state index in [0.717, 1.165) is 11.4 Å². The molecule has 0 spiro atoms. The summed E-state index contributed by atoms with van der Waals surface area (Å²) in [5.74, 6) is 0.933. The molecular formula is C19H22N6O3. The summed E-state index contributed by atoms with van der Waals surface area (Å²) in [5, 5.41) is 14.2. The average molecular weight is 382 g/mol. The Balaban J connectivity index is 1.58. The highest BCUT2D eigenvalue weighted by atomic mass is 16.5. The van der Waals surface area contributed by atoms with Crippen molar-refractivity contribution in [1.82, 2.24) is 25.2 Å². The topological polar surface area (TPSA) is 107 Å². The highest BCUT2D eigenvalue weighted by Crippen LogP contribution is 2.31. The van der Waals surface area contributed by atoms with Crippen molar-refractivity contribution in [2.75, 3.05) is 18.5 Å². The predicted molar refractivity (Wildman–Crippen MR) is 101 cm³/mol. The smallest absolute Gasteiger partial charge is 0.320 e. The quantitative estimate of drug-likeness (QED) is 0.718. The minimum absolute atomic E-state index is 0.352. The molecule has 0 aliphatic carbocycles. The number of ether oxygens (including phenoxy) is 1. The van der Waals surface area contributed by atoms with Gasteiger partial charge in [-0.1, -0.05) is 17.3 Å². The Morgan fingerprint density at radius 2 is 1.96 bits per heavy atom. The molecule has 0 saturated carbocycles. The first-order chi connectivity index (χ1) is 13.6. The summed E-state index contributed by atoms with van der Waals surface area (Å²) in [6.07, 6.45) is 2.84. The summed E-state index contributed by atoms with van der Waals surface area (Å²) in [7, 11) is 0. The molecule has 0 unspecified atom stereocenters. The SMILES string of the molecule is Cc1noc(C2(NC(=O)Nc3ccccc3-n3nccc3C)CCOCC2)n1. The molecule has 1 aromatic carbocycles. The molecule has 2 aromatic heterocycles. The molecule has 3 heterocycles. The first-order valence-electron chi connectivity index (χ1n) is 9.15. The maximum Gasteiger partial charge on any atom is 0.320 e. The molecule has 3 aromatic rings. The molecule has 0 bridgehead atoms. The standard InChI is InChI=1S/C19H22N6O3/c1-13-7-10-20-25(13)16-6-4-3-5-15(16)22-18(26)23-19(8-11-27-12-9-19)17-21-14(2)24-28-17/h3-7,10H,8-9,11-12H2,1-2H3,(H2,22,23,26). The summed E-state index contributed by atoms with van der Waals surface area (Å²) in [5.41, 5.74) is 1.66. The van der Waals surface area contributed by atoms with E-state index >= 15 is 0 Å². The molecule has 1 aliphatic heterocycles. The van der Waals surface area contributed by atoms with Gasteiger partial charge >= 0.3 is 6.03 Å². The highest BCUT2D eigenvalue weighted by molar-refractivity contribution is 5.92. The lowest BCUT2D eigenvalue weighted by Crippen LogP contribution is -2.51. The normalized spacial score (nSPS) is 15.9. The van der Waals surface area contributed by atoms with E-state index in [9.17, 15) is 4.79 Å². The molecule has 28 heavy (non-hydrogen) atoms. The number of carbonyl (C=O) groups is 1. The third-order valence-electron chi connectivity index (χ3n) is 4.85. The van der Waals surface area contributed by atoms with Gasteiger partial charge in [-0.05, 0) is 32.0 Å². The van der Waals surface area contributed by atoms with E-state index in [-0.39, 0.29) is 6.03 Å². The second-order valence-electron chi connectivity index (χ2n) is 6.82. The number of hydrogen-bond donors (Lipinski definition) is 2. The summed E-state index contributed by atoms with van der Waals surface area (Å²) >= 11 is 0. The predicted octanol–water partition coefficient (Wildman–Crippen LogP) is 2.70. The van der Waals surface area contributed by atoms with Crippen molar-refractivity contribution >= 4 is 11.7 Å². The fourth-order valence-electron chi connectivity index (χ4n) is 3.36. The van der Waals surface area contributed by atoms with Gasteiger partial charge in [0.15, 0.2) is 5.82 Å². The van der Waals surface area contributed by atoms with Gasteiger partial charge < -0.3 is 19.9 Å². The molecule has 1 aliphatic rings. The van der Waals surface area contributed by atoms with E-state index in [1.807, 2.05) is 37.3 Å². The largest absolute Gasteiger partial charge is 0.381 e. The van der Waals surface area contributed by atoms with Crippen molar-refractivity contribution in [2.45, 2.75) is 32.2 Å². The Morgan fingerprint density at radius 1 is 1.18 bits per heavy atom. The zero-order valence-electron chi connectivity index (χ0n) is 15.8. The Labute approximate surface area is 162 Å². The molecule has 2 N–H and O–H groups in total. The van der Waals surface area contributed by atoms with Gasteiger partial charge in [0.2, 0.25) is 0 Å². The summed E-state index contributed by atoms with van der Waals surface area (Å²) in [6, 6.07) is 9.07. The lowest BCUT2D eigenvalue weighted by molar-refractivity contribution is 0.0285. The maximum atomic E-state index is 12.9. The fraction of sp³-hybridized carbons (Fsp3) is 0.368. The van der Waals surface area contributed by atoms with Gasteiger partial charge in [0.25, 0.3) is 5.89 Å². The second kappa shape index (κ2) is 7.43. The van der Waals surface area contributed by atoms with E-state index in [2.05, 4.69) is 25.9 Å². The number of nitrogens with zero attached hydrogens (tertiary/aromatic N) is 4. The monoisotopic (exact) mass is 382 g/mol. The number of aryl methyl sites for hydroxylation is 2. The van der Waals surface area contributed by atoms with Crippen molar-refractivity contribution in [1.29, 1.82) is 0 Å². The van der Waals surface area contributed by atoms with Crippen LogP contribution in [-0.4, -0.2) is 39.2 Å². The van der Waals surface area contributed by atoms with Crippen LogP contribution in [0.2, 0.25) is 0 Å². The number of anilines is 1. The van der Waals surface area contributed by atoms with Gasteiger partial charge in [0.1, 0.15) is 5.54 Å². The van der Waals surface area contributed by atoms with E-state index in [1.165, 1.54) is 0 Å². The molecule has 9 heteroatoms. The zero-order chi connectivity index (χ0) is 19.6. The minimum Gasteiger partial charge on any atom is -0.381 e. The van der Waals surface area contributed by atoms with E-state index < -0.39 is 5.54 Å². The van der Waals surface area contributed by atoms with Gasteiger partial charge in [-0.15, -0.1) is 0 Å². The van der Waals surface area contributed by atoms with Crippen LogP contribution in [0, 0.1) is 13.8 Å². The van der Waals surface area contributed by atoms with Crippen LogP contribution in [0.15, 0.2) is 41.1 Å². The number of benzene rings is 1. The first-order valence-corrected chi connectivity index (χ1v) is 9.15. The van der Waals surface area contributed by atoms with E-state index in [0.29, 0.717) is 43.5 Å². The molecule has 146 valence electrons. The van der Waals surface area contributed by atoms with Gasteiger partial charge in [0.05, 0.1) is 11.4 Å². The van der Waals surface area contributed by atoms with Crippen molar-refractivity contribution in [3.63, 3.8) is 0 Å². The van der Waals surface area contributed by atoms with Crippen LogP contribution in [0.5, 0.6) is 0 Å². The Morgan fingerprint density at radius 3 is 2.64 bits per heavy atom. The Kier molecular flexibility index (Phi) is 4.82. The number of nitrogens with one attached hydrogen (secondary N) is 2. The number of aromatic nitrogens is 4. The summed E-state index contributed by atoms with van der Waals surface area (Å²) in [6.45, 7) is 4.72. The first kappa shape index (κ1) is 18.2. The zero-order valence-corrected chi connectivity index (χ0v) is 15.8. The van der Waals surface area contributed by atoms with Gasteiger partial charge in [-0.25, -0.2) is 9.48 Å². The van der Waals surface area contributed by atoms with E-state index in [4.69, 9.17) is 9.26 Å². The van der Waals surface area contributed by atoms with Gasteiger partial charge in [-0.3, -0.25) is 0 Å². The van der Waals surface area contributed by atoms with Crippen LogP contribution in [0.1, 0.15) is 30.3 Å². The number of carbonyl (C=O) groups excluding carboxylic acids is 1. The van der Waals surface area contributed by atoms with Crippen molar-refractivity contribution in [3.8, 4) is 5.69 Å². The van der Waals surface area contributed by atoms with Crippen LogP contribution in [0.25, 0.3) is 5.69 Å². The fourth-order valence-corrected chi connectivity index (χ4v) is 3.36. The van der Waals surface area contributed by atoms with Crippen LogP contribution >= 0.6 is 0 Å². The summed E-state index contributed by atoms with van der Waals surface area (Å²) < 4.78 is 12.6. The third kappa shape index (κ3) is 3.48. The van der Waals surface area contributed by atoms with Crippen LogP contribution < -0.4 is 10.6 Å². The average Bonchev–Trinajstić information content (AvgIpc) is 3.31. The molecule has 0 atom stereocenters. The van der Waals surface area contributed by atoms with Crippen LogP contribution in [0.3, 0.4) is 0 Å². The third-order valence-corrected chi connectivity index (χ3v) is 4.85. The van der Waals surface area contributed by atoms with Crippen molar-refractivity contribution < 1.29 is 14.1 Å². The van der Waals surface area contributed by atoms with Crippen LogP contribution in [-0.2, 0) is 10.3 Å². The molecule has 9 nitrogen and oxygen atoms in total. The lowest BCUT2D eigenvalue weighted by atomic mass is 9.90. The highest BCUT2D eigenvalue weighted by Gasteiger charge is 2.41. The van der Waals surface area contributed by atoms with Crippen molar-refractivity contribution in [2.24, 2.45) is 0 Å². The van der Waals surface area contributed by atoms with Crippen LogP contribution in [0.4, 0.5) is 10.5 Å².